The molecule has 1 saturated heterocycles. The number of pyridine rings is 2. The summed E-state index contributed by atoms with van der Waals surface area (Å²) in [7, 11) is 0. The molecule has 1 aliphatic heterocycles. The van der Waals surface area contributed by atoms with Gasteiger partial charge in [-0.25, -0.2) is 15.0 Å². The van der Waals surface area contributed by atoms with Crippen LogP contribution in [0.4, 0.5) is 5.82 Å². The van der Waals surface area contributed by atoms with Crippen molar-refractivity contribution in [2.24, 2.45) is 0 Å². The molecular formula is C24H24N6O2. The average Bonchev–Trinajstić information content (AvgIpc) is 2.84. The van der Waals surface area contributed by atoms with Crippen molar-refractivity contribution in [1.29, 1.82) is 0 Å². The number of rotatable bonds is 4. The van der Waals surface area contributed by atoms with Gasteiger partial charge in [0.15, 0.2) is 5.82 Å². The zero-order chi connectivity index (χ0) is 22.1. The molecule has 1 N–H and O–H groups in total. The summed E-state index contributed by atoms with van der Waals surface area (Å²) in [6.07, 6.45) is 3.24. The highest BCUT2D eigenvalue weighted by atomic mass is 16.5. The Morgan fingerprint density at radius 2 is 1.97 bits per heavy atom. The summed E-state index contributed by atoms with van der Waals surface area (Å²) in [6, 6.07) is 11.6. The highest BCUT2D eigenvalue weighted by molar-refractivity contribution is 6.06. The van der Waals surface area contributed by atoms with E-state index < -0.39 is 0 Å². The molecule has 1 aromatic carbocycles. The van der Waals surface area contributed by atoms with Crippen LogP contribution in [0.25, 0.3) is 21.8 Å². The van der Waals surface area contributed by atoms with Crippen LogP contribution in [-0.4, -0.2) is 57.0 Å². The van der Waals surface area contributed by atoms with Gasteiger partial charge in [-0.05, 0) is 43.0 Å². The summed E-state index contributed by atoms with van der Waals surface area (Å²) >= 11 is 0. The lowest BCUT2D eigenvalue weighted by atomic mass is 10.0. The number of aromatic nitrogens is 4. The molecule has 5 rings (SSSR count). The second kappa shape index (κ2) is 8.47. The fourth-order valence-corrected chi connectivity index (χ4v) is 4.08. The first-order valence-corrected chi connectivity index (χ1v) is 10.7. The van der Waals surface area contributed by atoms with Gasteiger partial charge in [-0.15, -0.1) is 0 Å². The van der Waals surface area contributed by atoms with Crippen molar-refractivity contribution < 1.29 is 9.53 Å². The van der Waals surface area contributed by atoms with Gasteiger partial charge in [0.2, 0.25) is 0 Å². The number of amides is 1. The van der Waals surface area contributed by atoms with Crippen LogP contribution in [0.5, 0.6) is 0 Å². The van der Waals surface area contributed by atoms with Gasteiger partial charge in [0.25, 0.3) is 5.91 Å². The average molecular weight is 428 g/mol. The molecule has 0 radical (unpaired) electrons. The molecule has 1 unspecified atom stereocenters. The van der Waals surface area contributed by atoms with Crippen LogP contribution in [0.2, 0.25) is 0 Å². The van der Waals surface area contributed by atoms with Crippen LogP contribution < -0.4 is 5.32 Å². The van der Waals surface area contributed by atoms with E-state index >= 15 is 0 Å². The van der Waals surface area contributed by atoms with Gasteiger partial charge in [0.1, 0.15) is 17.5 Å². The van der Waals surface area contributed by atoms with Crippen molar-refractivity contribution in [2.75, 3.05) is 31.6 Å². The van der Waals surface area contributed by atoms with Gasteiger partial charge in [-0.2, -0.15) is 0 Å². The number of fused-ring (bicyclic) bond motifs is 2. The van der Waals surface area contributed by atoms with Gasteiger partial charge in [0, 0.05) is 24.7 Å². The SMILES string of the molecule is Cc1cccc2cc(C(C)Nc3ncnc4cccnc34)nc(C(=O)N3CCOCC3)c12. The number of morpholine rings is 1. The first-order valence-electron chi connectivity index (χ1n) is 10.7. The van der Waals surface area contributed by atoms with Crippen molar-refractivity contribution in [2.45, 2.75) is 19.9 Å². The van der Waals surface area contributed by atoms with E-state index in [1.54, 1.807) is 6.20 Å². The largest absolute Gasteiger partial charge is 0.378 e. The smallest absolute Gasteiger partial charge is 0.273 e. The maximum absolute atomic E-state index is 13.4. The van der Waals surface area contributed by atoms with E-state index in [2.05, 4.69) is 20.3 Å². The van der Waals surface area contributed by atoms with Crippen LogP contribution in [0.15, 0.2) is 48.9 Å². The lowest BCUT2D eigenvalue weighted by Gasteiger charge is -2.27. The Balaban J connectivity index is 1.56. The van der Waals surface area contributed by atoms with Crippen LogP contribution >= 0.6 is 0 Å². The van der Waals surface area contributed by atoms with Gasteiger partial charge in [-0.1, -0.05) is 18.2 Å². The van der Waals surface area contributed by atoms with Crippen molar-refractivity contribution in [1.82, 2.24) is 24.8 Å². The summed E-state index contributed by atoms with van der Waals surface area (Å²) in [5.41, 5.74) is 3.74. The zero-order valence-electron chi connectivity index (χ0n) is 18.1. The van der Waals surface area contributed by atoms with E-state index in [1.807, 2.05) is 55.1 Å². The molecule has 32 heavy (non-hydrogen) atoms. The molecule has 1 atom stereocenters. The van der Waals surface area contributed by atoms with E-state index in [9.17, 15) is 4.79 Å². The van der Waals surface area contributed by atoms with Crippen LogP contribution in [0, 0.1) is 6.92 Å². The second-order valence-electron chi connectivity index (χ2n) is 7.93. The Bertz CT molecular complexity index is 1300. The van der Waals surface area contributed by atoms with Crippen molar-refractivity contribution in [3.8, 4) is 0 Å². The zero-order valence-corrected chi connectivity index (χ0v) is 18.1. The van der Waals surface area contributed by atoms with E-state index in [-0.39, 0.29) is 11.9 Å². The first kappa shape index (κ1) is 20.3. The molecule has 4 heterocycles. The molecule has 1 fully saturated rings. The number of nitrogens with one attached hydrogen (secondary N) is 1. The number of aryl methyl sites for hydroxylation is 1. The second-order valence-corrected chi connectivity index (χ2v) is 7.93. The van der Waals surface area contributed by atoms with E-state index in [0.29, 0.717) is 43.3 Å². The highest BCUT2D eigenvalue weighted by Crippen LogP contribution is 2.28. The Morgan fingerprint density at radius 3 is 2.81 bits per heavy atom. The fraction of sp³-hybridized carbons (Fsp3) is 0.292. The van der Waals surface area contributed by atoms with E-state index in [0.717, 1.165) is 27.5 Å². The van der Waals surface area contributed by atoms with Crippen molar-refractivity contribution in [3.05, 3.63) is 65.9 Å². The maximum Gasteiger partial charge on any atom is 0.273 e. The molecule has 0 saturated carbocycles. The Labute approximate surface area is 185 Å². The summed E-state index contributed by atoms with van der Waals surface area (Å²) in [6.45, 7) is 6.27. The minimum atomic E-state index is -0.198. The number of anilines is 1. The third kappa shape index (κ3) is 3.73. The van der Waals surface area contributed by atoms with E-state index in [1.165, 1.54) is 6.33 Å². The minimum absolute atomic E-state index is 0.0594. The predicted octanol–water partition coefficient (Wildman–Crippen LogP) is 3.53. The lowest BCUT2D eigenvalue weighted by Crippen LogP contribution is -2.41. The summed E-state index contributed by atoms with van der Waals surface area (Å²) < 4.78 is 5.42. The lowest BCUT2D eigenvalue weighted by molar-refractivity contribution is 0.0300. The van der Waals surface area contributed by atoms with Gasteiger partial charge in [0.05, 0.1) is 30.5 Å². The summed E-state index contributed by atoms with van der Waals surface area (Å²) in [4.78, 5) is 33.2. The summed E-state index contributed by atoms with van der Waals surface area (Å²) in [5, 5.41) is 5.29. The third-order valence-electron chi connectivity index (χ3n) is 5.78. The molecule has 1 aliphatic rings. The number of nitrogens with zero attached hydrogens (tertiary/aromatic N) is 5. The Kier molecular flexibility index (Phi) is 5.36. The van der Waals surface area contributed by atoms with Crippen LogP contribution in [0.1, 0.15) is 34.7 Å². The monoisotopic (exact) mass is 428 g/mol. The molecule has 4 aromatic rings. The van der Waals surface area contributed by atoms with Crippen molar-refractivity contribution >= 4 is 33.5 Å². The van der Waals surface area contributed by atoms with E-state index in [4.69, 9.17) is 9.72 Å². The number of ether oxygens (including phenoxy) is 1. The fourth-order valence-electron chi connectivity index (χ4n) is 4.08. The number of carbonyl (C=O) groups is 1. The molecule has 3 aromatic heterocycles. The minimum Gasteiger partial charge on any atom is -0.378 e. The van der Waals surface area contributed by atoms with Crippen LogP contribution in [-0.2, 0) is 4.74 Å². The molecule has 0 spiro atoms. The molecule has 1 amide bonds. The Morgan fingerprint density at radius 1 is 1.12 bits per heavy atom. The van der Waals surface area contributed by atoms with Gasteiger partial charge >= 0.3 is 0 Å². The number of carbonyl (C=O) groups excluding carboxylic acids is 1. The van der Waals surface area contributed by atoms with Crippen molar-refractivity contribution in [3.63, 3.8) is 0 Å². The molecular weight excluding hydrogens is 404 g/mol. The standard InChI is InChI=1S/C24H24N6O2/c1-15-5-3-6-17-13-19(29-22(20(15)17)24(31)30-9-11-32-12-10-30)16(2)28-23-21-18(26-14-27-23)7-4-8-25-21/h3-8,13-14,16H,9-12H2,1-2H3,(H,26,27,28). The molecule has 8 heteroatoms. The van der Waals surface area contributed by atoms with Gasteiger partial charge < -0.3 is 15.0 Å². The number of hydrogen-bond donors (Lipinski definition) is 1. The summed E-state index contributed by atoms with van der Waals surface area (Å²) in [5.74, 6) is 0.575. The van der Waals surface area contributed by atoms with Gasteiger partial charge in [-0.3, -0.25) is 9.78 Å². The third-order valence-corrected chi connectivity index (χ3v) is 5.78. The quantitative estimate of drug-likeness (QED) is 0.531. The first-order chi connectivity index (χ1) is 15.6. The molecule has 0 aliphatic carbocycles. The Hall–Kier alpha value is -3.65. The van der Waals surface area contributed by atoms with Crippen LogP contribution in [0.3, 0.4) is 0 Å². The maximum atomic E-state index is 13.4. The highest BCUT2D eigenvalue weighted by Gasteiger charge is 2.24. The molecule has 0 bridgehead atoms. The molecule has 162 valence electrons. The molecule has 8 nitrogen and oxygen atoms in total. The number of benzene rings is 1. The normalized spacial score (nSPS) is 15.1. The topological polar surface area (TPSA) is 93.1 Å². The predicted molar refractivity (Wildman–Crippen MR) is 123 cm³/mol. The number of hydrogen-bond acceptors (Lipinski definition) is 7.